The number of benzene rings is 1. The van der Waals surface area contributed by atoms with Crippen molar-refractivity contribution in [3.05, 3.63) is 48.5 Å². The van der Waals surface area contributed by atoms with E-state index in [-0.39, 0.29) is 6.61 Å². The highest BCUT2D eigenvalue weighted by atomic mass is 16.6. The van der Waals surface area contributed by atoms with E-state index in [2.05, 4.69) is 9.72 Å². The average Bonchev–Trinajstić information content (AvgIpc) is 2.90. The summed E-state index contributed by atoms with van der Waals surface area (Å²) < 4.78 is 11.7. The number of methoxy groups -OCH3 is 1. The zero-order chi connectivity index (χ0) is 12.8. The van der Waals surface area contributed by atoms with Gasteiger partial charge in [-0.3, -0.25) is 0 Å². The van der Waals surface area contributed by atoms with E-state index < -0.39 is 5.97 Å². The fraction of sp³-hybridized carbons (Fsp3) is 0.231. The van der Waals surface area contributed by atoms with E-state index >= 15 is 0 Å². The highest BCUT2D eigenvalue weighted by Gasteiger charge is 2.01. The maximum Gasteiger partial charge on any atom is 0.343 e. The molecular formula is C13H14N2O3. The van der Waals surface area contributed by atoms with Crippen LogP contribution in [0.25, 0.3) is 0 Å². The molecule has 0 bridgehead atoms. The molecule has 0 fully saturated rings. The molecule has 5 heteroatoms. The van der Waals surface area contributed by atoms with Gasteiger partial charge in [-0.05, 0) is 17.7 Å². The highest BCUT2D eigenvalue weighted by molar-refractivity contribution is 5.70. The van der Waals surface area contributed by atoms with E-state index in [0.29, 0.717) is 5.75 Å². The number of esters is 1. The quantitative estimate of drug-likeness (QED) is 0.750. The Hall–Kier alpha value is -2.30. The number of carbonyl (C=O) groups is 1. The van der Waals surface area contributed by atoms with Gasteiger partial charge in [0.1, 0.15) is 5.75 Å². The van der Waals surface area contributed by atoms with Gasteiger partial charge in [-0.25, -0.2) is 9.78 Å². The number of hydrogen-bond acceptors (Lipinski definition) is 4. The van der Waals surface area contributed by atoms with Gasteiger partial charge in [-0.2, -0.15) is 0 Å². The summed E-state index contributed by atoms with van der Waals surface area (Å²) in [6.45, 7) is 0.689. The molecule has 2 aromatic rings. The lowest BCUT2D eigenvalue weighted by atomic mass is 10.2. The van der Waals surface area contributed by atoms with Crippen LogP contribution in [0.2, 0.25) is 0 Å². The number of rotatable bonds is 5. The van der Waals surface area contributed by atoms with Crippen LogP contribution in [0, 0.1) is 0 Å². The minimum atomic E-state index is -0.391. The Kier molecular flexibility index (Phi) is 3.96. The van der Waals surface area contributed by atoms with Crippen molar-refractivity contribution < 1.29 is 14.3 Å². The standard InChI is InChI=1S/C13H14N2O3/c1-17-13(16)9-18-12-4-2-11(3-5-12)8-15-7-6-14-10-15/h2-7,10H,8-9H2,1H3. The van der Waals surface area contributed by atoms with Crippen molar-refractivity contribution in [1.82, 2.24) is 9.55 Å². The molecule has 2 rings (SSSR count). The molecule has 94 valence electrons. The van der Waals surface area contributed by atoms with Crippen molar-refractivity contribution >= 4 is 5.97 Å². The van der Waals surface area contributed by atoms with Crippen molar-refractivity contribution in [2.24, 2.45) is 0 Å². The van der Waals surface area contributed by atoms with Crippen molar-refractivity contribution in [2.45, 2.75) is 6.54 Å². The van der Waals surface area contributed by atoms with Crippen molar-refractivity contribution in [3.63, 3.8) is 0 Å². The lowest BCUT2D eigenvalue weighted by Crippen LogP contribution is -2.12. The first kappa shape index (κ1) is 12.2. The predicted molar refractivity (Wildman–Crippen MR) is 65.3 cm³/mol. The first-order valence-electron chi connectivity index (χ1n) is 5.52. The molecular weight excluding hydrogens is 232 g/mol. The number of aromatic nitrogens is 2. The number of nitrogens with zero attached hydrogens (tertiary/aromatic N) is 2. The Morgan fingerprint density at radius 3 is 2.72 bits per heavy atom. The summed E-state index contributed by atoms with van der Waals surface area (Å²) >= 11 is 0. The van der Waals surface area contributed by atoms with E-state index in [4.69, 9.17) is 4.74 Å². The fourth-order valence-electron chi connectivity index (χ4n) is 1.48. The molecule has 0 atom stereocenters. The Bertz CT molecular complexity index is 491. The Morgan fingerprint density at radius 2 is 2.11 bits per heavy atom. The first-order valence-corrected chi connectivity index (χ1v) is 5.52. The predicted octanol–water partition coefficient (Wildman–Crippen LogP) is 1.48. The third-order valence-electron chi connectivity index (χ3n) is 2.43. The molecule has 0 aliphatic rings. The van der Waals surface area contributed by atoms with Gasteiger partial charge in [0, 0.05) is 18.9 Å². The maximum atomic E-state index is 10.9. The minimum absolute atomic E-state index is 0.0721. The summed E-state index contributed by atoms with van der Waals surface area (Å²) in [5.74, 6) is 0.257. The van der Waals surface area contributed by atoms with Crippen LogP contribution in [0.5, 0.6) is 5.75 Å². The van der Waals surface area contributed by atoms with Gasteiger partial charge < -0.3 is 14.0 Å². The average molecular weight is 246 g/mol. The first-order chi connectivity index (χ1) is 8.78. The molecule has 0 aliphatic carbocycles. The van der Waals surface area contributed by atoms with Gasteiger partial charge in [0.25, 0.3) is 0 Å². The molecule has 0 saturated heterocycles. The van der Waals surface area contributed by atoms with Crippen molar-refractivity contribution in [3.8, 4) is 5.75 Å². The second-order valence-electron chi connectivity index (χ2n) is 3.74. The number of carbonyl (C=O) groups excluding carboxylic acids is 1. The molecule has 1 aromatic carbocycles. The third-order valence-corrected chi connectivity index (χ3v) is 2.43. The summed E-state index contributed by atoms with van der Waals surface area (Å²) in [4.78, 5) is 14.9. The zero-order valence-electron chi connectivity index (χ0n) is 10.1. The maximum absolute atomic E-state index is 10.9. The molecule has 0 radical (unpaired) electrons. The third kappa shape index (κ3) is 3.35. The van der Waals surface area contributed by atoms with Crippen LogP contribution in [0.1, 0.15) is 5.56 Å². The van der Waals surface area contributed by atoms with Crippen LogP contribution in [0.4, 0.5) is 0 Å². The van der Waals surface area contributed by atoms with E-state index in [1.807, 2.05) is 35.0 Å². The van der Waals surface area contributed by atoms with Gasteiger partial charge in [-0.1, -0.05) is 12.1 Å². The lowest BCUT2D eigenvalue weighted by Gasteiger charge is -2.06. The van der Waals surface area contributed by atoms with E-state index in [1.165, 1.54) is 7.11 Å². The zero-order valence-corrected chi connectivity index (χ0v) is 10.1. The van der Waals surface area contributed by atoms with Crippen molar-refractivity contribution in [2.75, 3.05) is 13.7 Å². The van der Waals surface area contributed by atoms with Gasteiger partial charge in [0.05, 0.1) is 13.4 Å². The summed E-state index contributed by atoms with van der Waals surface area (Å²) in [6.07, 6.45) is 5.41. The van der Waals surface area contributed by atoms with Crippen LogP contribution in [0.15, 0.2) is 43.0 Å². The molecule has 5 nitrogen and oxygen atoms in total. The molecule has 18 heavy (non-hydrogen) atoms. The van der Waals surface area contributed by atoms with Gasteiger partial charge in [0.2, 0.25) is 0 Å². The smallest absolute Gasteiger partial charge is 0.343 e. The number of imidazole rings is 1. The molecule has 1 aromatic heterocycles. The normalized spacial score (nSPS) is 10.1. The monoisotopic (exact) mass is 246 g/mol. The Balaban J connectivity index is 1.91. The summed E-state index contributed by atoms with van der Waals surface area (Å²) in [7, 11) is 1.33. The van der Waals surface area contributed by atoms with Crippen LogP contribution in [-0.2, 0) is 16.1 Å². The number of hydrogen-bond donors (Lipinski definition) is 0. The Morgan fingerprint density at radius 1 is 1.33 bits per heavy atom. The molecule has 0 N–H and O–H groups in total. The molecule has 1 heterocycles. The fourth-order valence-corrected chi connectivity index (χ4v) is 1.48. The van der Waals surface area contributed by atoms with E-state index in [9.17, 15) is 4.79 Å². The summed E-state index contributed by atoms with van der Waals surface area (Å²) in [5.41, 5.74) is 1.14. The van der Waals surface area contributed by atoms with E-state index in [0.717, 1.165) is 12.1 Å². The van der Waals surface area contributed by atoms with Gasteiger partial charge >= 0.3 is 5.97 Å². The second-order valence-corrected chi connectivity index (χ2v) is 3.74. The van der Waals surface area contributed by atoms with Gasteiger partial charge in [-0.15, -0.1) is 0 Å². The van der Waals surface area contributed by atoms with Crippen LogP contribution < -0.4 is 4.74 Å². The summed E-state index contributed by atoms with van der Waals surface area (Å²) in [5, 5.41) is 0. The topological polar surface area (TPSA) is 53.4 Å². The molecule has 0 saturated carbocycles. The molecule has 0 aliphatic heterocycles. The van der Waals surface area contributed by atoms with Crippen LogP contribution in [-0.4, -0.2) is 29.2 Å². The summed E-state index contributed by atoms with van der Waals surface area (Å²) in [6, 6.07) is 7.56. The largest absolute Gasteiger partial charge is 0.482 e. The van der Waals surface area contributed by atoms with Crippen LogP contribution >= 0.6 is 0 Å². The molecule has 0 amide bonds. The minimum Gasteiger partial charge on any atom is -0.482 e. The van der Waals surface area contributed by atoms with Crippen molar-refractivity contribution in [1.29, 1.82) is 0 Å². The SMILES string of the molecule is COC(=O)COc1ccc(Cn2ccnc2)cc1. The van der Waals surface area contributed by atoms with E-state index in [1.54, 1.807) is 12.5 Å². The van der Waals surface area contributed by atoms with Crippen LogP contribution in [0.3, 0.4) is 0 Å². The molecule has 0 unspecified atom stereocenters. The van der Waals surface area contributed by atoms with Gasteiger partial charge in [0.15, 0.2) is 6.61 Å². The highest BCUT2D eigenvalue weighted by Crippen LogP contribution is 2.13. The Labute approximate surface area is 105 Å². The molecule has 0 spiro atoms. The second kappa shape index (κ2) is 5.86. The lowest BCUT2D eigenvalue weighted by molar-refractivity contribution is -0.142. The number of ether oxygens (including phenoxy) is 2.